The van der Waals surface area contributed by atoms with E-state index in [9.17, 15) is 0 Å². The van der Waals surface area contributed by atoms with Gasteiger partial charge in [0.2, 0.25) is 0 Å². The predicted molar refractivity (Wildman–Crippen MR) is 84.8 cm³/mol. The normalized spacial score (nSPS) is 17.1. The molecular weight excluding hydrogens is 216 g/mol. The van der Waals surface area contributed by atoms with Crippen LogP contribution in [0.25, 0.3) is 0 Å². The maximum Gasteiger partial charge on any atom is -0.0320 e. The minimum Gasteiger partial charge on any atom is -0.0885 e. The summed E-state index contributed by atoms with van der Waals surface area (Å²) in [5.41, 5.74) is 0.898. The van der Waals surface area contributed by atoms with Crippen molar-refractivity contribution >= 4 is 0 Å². The van der Waals surface area contributed by atoms with E-state index in [0.717, 1.165) is 11.8 Å². The Labute approximate surface area is 116 Å². The third-order valence-electron chi connectivity index (χ3n) is 4.62. The van der Waals surface area contributed by atoms with E-state index in [1.54, 1.807) is 0 Å². The lowest BCUT2D eigenvalue weighted by Gasteiger charge is -2.27. The van der Waals surface area contributed by atoms with Gasteiger partial charge in [-0.3, -0.25) is 0 Å². The number of unbranched alkanes of at least 4 members (excludes halogenated alkanes) is 1. The first kappa shape index (κ1) is 17.7. The Balaban J connectivity index is 3.74. The lowest BCUT2D eigenvalue weighted by molar-refractivity contribution is 0.243. The lowest BCUT2D eigenvalue weighted by atomic mass is 9.79. The van der Waals surface area contributed by atoms with Crippen molar-refractivity contribution < 1.29 is 0 Å². The summed E-state index contributed by atoms with van der Waals surface area (Å²) < 4.78 is 0. The van der Waals surface area contributed by atoms with Crippen molar-refractivity contribution in [1.29, 1.82) is 0 Å². The highest BCUT2D eigenvalue weighted by Gasteiger charge is 2.19. The summed E-state index contributed by atoms with van der Waals surface area (Å²) in [6.45, 7) is 18.8. The largest absolute Gasteiger partial charge is 0.0885 e. The van der Waals surface area contributed by atoms with Gasteiger partial charge < -0.3 is 0 Å². The first-order valence-electron chi connectivity index (χ1n) is 7.70. The van der Waals surface area contributed by atoms with E-state index in [1.807, 2.05) is 0 Å². The van der Waals surface area contributed by atoms with Crippen LogP contribution < -0.4 is 0 Å². The van der Waals surface area contributed by atoms with Crippen LogP contribution in [0.3, 0.4) is 0 Å². The standard InChI is InChI=1S/C18H36/c1-15(17(3,4)5)13-11-9-10-12-14-16(2)18(6,7)8/h9,11,15-16H,10,12-14H2,1-8H3/b11-9-/t15-,16-/m0/s1. The molecule has 108 valence electrons. The molecule has 0 nitrogen and oxygen atoms in total. The number of rotatable bonds is 6. The SMILES string of the molecule is C[C@@H](C/C=C\CCC[C@H](C)C(C)(C)C)C(C)(C)C. The van der Waals surface area contributed by atoms with Crippen LogP contribution in [0, 0.1) is 22.7 Å². The molecule has 0 aromatic carbocycles. The van der Waals surface area contributed by atoms with Crippen LogP contribution in [-0.2, 0) is 0 Å². The molecule has 18 heavy (non-hydrogen) atoms. The zero-order chi connectivity index (χ0) is 14.4. The fraction of sp³-hybridized carbons (Fsp3) is 0.889. The Morgan fingerprint density at radius 2 is 1.28 bits per heavy atom. The molecule has 0 aromatic heterocycles. The summed E-state index contributed by atoms with van der Waals surface area (Å²) in [7, 11) is 0. The van der Waals surface area contributed by atoms with E-state index in [0.29, 0.717) is 10.8 Å². The van der Waals surface area contributed by atoms with Crippen LogP contribution in [-0.4, -0.2) is 0 Å². The Kier molecular flexibility index (Phi) is 7.25. The monoisotopic (exact) mass is 252 g/mol. The van der Waals surface area contributed by atoms with E-state index >= 15 is 0 Å². The molecular formula is C18H36. The van der Waals surface area contributed by atoms with Gasteiger partial charge in [0, 0.05) is 0 Å². The van der Waals surface area contributed by atoms with E-state index in [2.05, 4.69) is 67.5 Å². The second-order valence-electron chi connectivity index (χ2n) is 8.17. The zero-order valence-corrected chi connectivity index (χ0v) is 14.1. The molecule has 0 aliphatic heterocycles. The predicted octanol–water partition coefficient (Wildman–Crippen LogP) is 6.47. The third-order valence-corrected chi connectivity index (χ3v) is 4.62. The van der Waals surface area contributed by atoms with Crippen LogP contribution in [0.2, 0.25) is 0 Å². The van der Waals surface area contributed by atoms with Gasteiger partial charge in [-0.05, 0) is 48.3 Å². The second kappa shape index (κ2) is 7.36. The van der Waals surface area contributed by atoms with Gasteiger partial charge in [-0.1, -0.05) is 67.5 Å². The first-order chi connectivity index (χ1) is 8.05. The average Bonchev–Trinajstić information content (AvgIpc) is 2.19. The molecule has 0 amide bonds. The van der Waals surface area contributed by atoms with Gasteiger partial charge in [0.1, 0.15) is 0 Å². The van der Waals surface area contributed by atoms with Gasteiger partial charge in [-0.15, -0.1) is 0 Å². The molecule has 2 atom stereocenters. The maximum atomic E-state index is 2.39. The molecule has 0 fully saturated rings. The van der Waals surface area contributed by atoms with E-state index < -0.39 is 0 Å². The van der Waals surface area contributed by atoms with Gasteiger partial charge in [0.05, 0.1) is 0 Å². The molecule has 0 aromatic rings. The maximum absolute atomic E-state index is 2.39. The fourth-order valence-corrected chi connectivity index (χ4v) is 1.75. The highest BCUT2D eigenvalue weighted by atomic mass is 14.2. The summed E-state index contributed by atoms with van der Waals surface area (Å²) in [5, 5.41) is 0. The second-order valence-corrected chi connectivity index (χ2v) is 8.17. The molecule has 0 aliphatic carbocycles. The molecule has 0 aliphatic rings. The molecule has 0 heterocycles. The van der Waals surface area contributed by atoms with Crippen molar-refractivity contribution in [1.82, 2.24) is 0 Å². The average molecular weight is 252 g/mol. The van der Waals surface area contributed by atoms with Crippen LogP contribution in [0.4, 0.5) is 0 Å². The van der Waals surface area contributed by atoms with Crippen molar-refractivity contribution in [3.05, 3.63) is 12.2 Å². The first-order valence-corrected chi connectivity index (χ1v) is 7.70. The zero-order valence-electron chi connectivity index (χ0n) is 14.1. The third kappa shape index (κ3) is 7.95. The topological polar surface area (TPSA) is 0 Å². The molecule has 0 rings (SSSR count). The van der Waals surface area contributed by atoms with Crippen LogP contribution in [0.1, 0.15) is 81.1 Å². The minimum absolute atomic E-state index is 0.436. The summed E-state index contributed by atoms with van der Waals surface area (Å²) in [4.78, 5) is 0. The van der Waals surface area contributed by atoms with Crippen molar-refractivity contribution in [2.75, 3.05) is 0 Å². The molecule has 0 N–H and O–H groups in total. The van der Waals surface area contributed by atoms with Crippen molar-refractivity contribution in [3.8, 4) is 0 Å². The van der Waals surface area contributed by atoms with E-state index in [1.165, 1.54) is 25.7 Å². The van der Waals surface area contributed by atoms with Gasteiger partial charge in [0.25, 0.3) is 0 Å². The van der Waals surface area contributed by atoms with Crippen molar-refractivity contribution in [2.45, 2.75) is 81.1 Å². The Morgan fingerprint density at radius 1 is 0.778 bits per heavy atom. The highest BCUT2D eigenvalue weighted by Crippen LogP contribution is 2.30. The van der Waals surface area contributed by atoms with Gasteiger partial charge in [-0.2, -0.15) is 0 Å². The molecule has 0 saturated carbocycles. The quantitative estimate of drug-likeness (QED) is 0.375. The van der Waals surface area contributed by atoms with Crippen molar-refractivity contribution in [3.63, 3.8) is 0 Å². The Bertz CT molecular complexity index is 234. The van der Waals surface area contributed by atoms with E-state index in [-0.39, 0.29) is 0 Å². The van der Waals surface area contributed by atoms with Crippen LogP contribution in [0.5, 0.6) is 0 Å². The number of allylic oxidation sites excluding steroid dienone is 2. The summed E-state index contributed by atoms with van der Waals surface area (Å²) in [6, 6.07) is 0. The highest BCUT2D eigenvalue weighted by molar-refractivity contribution is 4.86. The summed E-state index contributed by atoms with van der Waals surface area (Å²) in [6.07, 6.45) is 9.92. The minimum atomic E-state index is 0.436. The Hall–Kier alpha value is -0.260. The van der Waals surface area contributed by atoms with E-state index in [4.69, 9.17) is 0 Å². The summed E-state index contributed by atoms with van der Waals surface area (Å²) in [5.74, 6) is 1.58. The lowest BCUT2D eigenvalue weighted by Crippen LogP contribution is -2.16. The van der Waals surface area contributed by atoms with Crippen LogP contribution in [0.15, 0.2) is 12.2 Å². The molecule has 0 unspecified atom stereocenters. The van der Waals surface area contributed by atoms with Crippen LogP contribution >= 0.6 is 0 Å². The van der Waals surface area contributed by atoms with Gasteiger partial charge >= 0.3 is 0 Å². The molecule has 0 heteroatoms. The molecule has 0 spiro atoms. The molecule has 0 saturated heterocycles. The fourth-order valence-electron chi connectivity index (χ4n) is 1.75. The molecule has 0 radical (unpaired) electrons. The Morgan fingerprint density at radius 3 is 1.72 bits per heavy atom. The van der Waals surface area contributed by atoms with Crippen molar-refractivity contribution in [2.24, 2.45) is 22.7 Å². The number of hydrogen-bond donors (Lipinski definition) is 0. The smallest absolute Gasteiger partial charge is 0.0320 e. The molecule has 0 bridgehead atoms. The van der Waals surface area contributed by atoms with Gasteiger partial charge in [-0.25, -0.2) is 0 Å². The van der Waals surface area contributed by atoms with Gasteiger partial charge in [0.15, 0.2) is 0 Å². The summed E-state index contributed by atoms with van der Waals surface area (Å²) >= 11 is 0. The number of hydrogen-bond acceptors (Lipinski definition) is 0.